The molecule has 5 rings (SSSR count). The summed E-state index contributed by atoms with van der Waals surface area (Å²) in [5, 5.41) is 11.2. The molecule has 35 heavy (non-hydrogen) atoms. The average molecular weight is 481 g/mol. The maximum atomic E-state index is 13.4. The Hall–Kier alpha value is -3.95. The monoisotopic (exact) mass is 481 g/mol. The number of nitrogens with one attached hydrogen (secondary N) is 1. The van der Waals surface area contributed by atoms with Crippen LogP contribution < -0.4 is 10.2 Å². The third-order valence-electron chi connectivity index (χ3n) is 6.34. The third kappa shape index (κ3) is 4.55. The van der Waals surface area contributed by atoms with Crippen molar-refractivity contribution in [3.05, 3.63) is 88.6 Å². The number of alkyl halides is 3. The Labute approximate surface area is 199 Å². The number of piperazine rings is 1. The van der Waals surface area contributed by atoms with Crippen LogP contribution in [-0.4, -0.2) is 52.6 Å². The van der Waals surface area contributed by atoms with Crippen LogP contribution in [-0.2, 0) is 19.1 Å². The Balaban J connectivity index is 1.27. The van der Waals surface area contributed by atoms with Gasteiger partial charge in [0.2, 0.25) is 0 Å². The highest BCUT2D eigenvalue weighted by Crippen LogP contribution is 2.35. The molecule has 2 amide bonds. The van der Waals surface area contributed by atoms with Gasteiger partial charge in [0.05, 0.1) is 17.2 Å². The number of hydrogen-bond acceptors (Lipinski definition) is 5. The second-order valence-electron chi connectivity index (χ2n) is 8.59. The predicted octanol–water partition coefficient (Wildman–Crippen LogP) is 3.31. The quantitative estimate of drug-likeness (QED) is 0.619. The van der Waals surface area contributed by atoms with Gasteiger partial charge in [0.25, 0.3) is 11.8 Å². The second kappa shape index (κ2) is 9.01. The van der Waals surface area contributed by atoms with E-state index in [1.807, 2.05) is 35.2 Å². The molecule has 2 aliphatic heterocycles. The Morgan fingerprint density at radius 2 is 1.74 bits per heavy atom. The molecular weight excluding hydrogens is 459 g/mol. The summed E-state index contributed by atoms with van der Waals surface area (Å²) < 4.78 is 40.2. The van der Waals surface area contributed by atoms with Crippen molar-refractivity contribution in [2.75, 3.05) is 24.5 Å². The van der Waals surface area contributed by atoms with Crippen molar-refractivity contribution in [2.45, 2.75) is 25.2 Å². The molecule has 7 nitrogen and oxygen atoms in total. The molecule has 1 fully saturated rings. The summed E-state index contributed by atoms with van der Waals surface area (Å²) in [4.78, 5) is 29.0. The maximum Gasteiger partial charge on any atom is 0.417 e. The van der Waals surface area contributed by atoms with Crippen LogP contribution in [0.1, 0.15) is 37.5 Å². The standard InChI is InChI=1S/C25H22F3N5O2/c26-25(27,28)20-9-5-4-8-19(20)24(35)32-10-11-33-18(15-32)12-17-13-21(30-31-22(17)33)23(34)29-14-16-6-2-1-3-7-16/h1-9,13,18H,10-12,14-15H2,(H,29,34). The highest BCUT2D eigenvalue weighted by Gasteiger charge is 2.40. The number of fused-ring (bicyclic) bond motifs is 3. The third-order valence-corrected chi connectivity index (χ3v) is 6.34. The molecule has 0 saturated carbocycles. The summed E-state index contributed by atoms with van der Waals surface area (Å²) >= 11 is 0. The summed E-state index contributed by atoms with van der Waals surface area (Å²) in [6.07, 6.45) is -4.08. The lowest BCUT2D eigenvalue weighted by Gasteiger charge is -2.38. The number of rotatable bonds is 4. The fourth-order valence-electron chi connectivity index (χ4n) is 4.63. The first kappa shape index (κ1) is 22.8. The lowest BCUT2D eigenvalue weighted by Crippen LogP contribution is -2.54. The van der Waals surface area contributed by atoms with Gasteiger partial charge in [0, 0.05) is 31.7 Å². The van der Waals surface area contributed by atoms with E-state index in [0.717, 1.165) is 17.2 Å². The average Bonchev–Trinajstić information content (AvgIpc) is 3.24. The SMILES string of the molecule is O=C(NCc1ccccc1)c1cc2c(nn1)N1CCN(C(=O)c3ccccc3C(F)(F)F)CC1C2. The van der Waals surface area contributed by atoms with Crippen LogP contribution >= 0.6 is 0 Å². The molecule has 3 heterocycles. The van der Waals surface area contributed by atoms with Crippen LogP contribution in [0.4, 0.5) is 19.0 Å². The van der Waals surface area contributed by atoms with E-state index < -0.39 is 17.6 Å². The van der Waals surface area contributed by atoms with Gasteiger partial charge >= 0.3 is 6.18 Å². The molecule has 0 aliphatic carbocycles. The number of hydrogen-bond donors (Lipinski definition) is 1. The highest BCUT2D eigenvalue weighted by molar-refractivity contribution is 5.96. The number of carbonyl (C=O) groups is 2. The number of halogens is 3. The summed E-state index contributed by atoms with van der Waals surface area (Å²) in [5.74, 6) is -0.326. The highest BCUT2D eigenvalue weighted by atomic mass is 19.4. The first-order valence-corrected chi connectivity index (χ1v) is 11.2. The zero-order valence-electron chi connectivity index (χ0n) is 18.6. The predicted molar refractivity (Wildman–Crippen MR) is 122 cm³/mol. The van der Waals surface area contributed by atoms with Gasteiger partial charge in [-0.3, -0.25) is 9.59 Å². The summed E-state index contributed by atoms with van der Waals surface area (Å²) in [6.45, 7) is 1.31. The number of benzene rings is 2. The van der Waals surface area contributed by atoms with E-state index in [1.54, 1.807) is 6.07 Å². The summed E-state index contributed by atoms with van der Waals surface area (Å²) in [7, 11) is 0. The molecular formula is C25H22F3N5O2. The first-order chi connectivity index (χ1) is 16.8. The zero-order valence-corrected chi connectivity index (χ0v) is 18.6. The Kier molecular flexibility index (Phi) is 5.88. The van der Waals surface area contributed by atoms with E-state index >= 15 is 0 Å². The van der Waals surface area contributed by atoms with E-state index in [0.29, 0.717) is 25.3 Å². The summed E-state index contributed by atoms with van der Waals surface area (Å²) in [5.41, 5.74) is 0.718. The molecule has 1 aromatic heterocycles. The van der Waals surface area contributed by atoms with Crippen molar-refractivity contribution in [3.63, 3.8) is 0 Å². The molecule has 180 valence electrons. The van der Waals surface area contributed by atoms with Crippen molar-refractivity contribution in [2.24, 2.45) is 0 Å². The first-order valence-electron chi connectivity index (χ1n) is 11.2. The minimum absolute atomic E-state index is 0.141. The minimum Gasteiger partial charge on any atom is -0.348 e. The molecule has 0 bridgehead atoms. The van der Waals surface area contributed by atoms with Crippen LogP contribution in [0, 0.1) is 0 Å². The van der Waals surface area contributed by atoms with Crippen LogP contribution in [0.3, 0.4) is 0 Å². The van der Waals surface area contributed by atoms with E-state index in [1.165, 1.54) is 23.1 Å². The zero-order chi connectivity index (χ0) is 24.6. The van der Waals surface area contributed by atoms with Crippen molar-refractivity contribution in [1.82, 2.24) is 20.4 Å². The van der Waals surface area contributed by atoms with E-state index in [4.69, 9.17) is 0 Å². The molecule has 1 atom stereocenters. The van der Waals surface area contributed by atoms with Crippen molar-refractivity contribution >= 4 is 17.6 Å². The number of anilines is 1. The lowest BCUT2D eigenvalue weighted by molar-refractivity contribution is -0.138. The van der Waals surface area contributed by atoms with E-state index in [9.17, 15) is 22.8 Å². The maximum absolute atomic E-state index is 13.4. The van der Waals surface area contributed by atoms with Gasteiger partial charge in [0.15, 0.2) is 11.5 Å². The molecule has 2 aliphatic rings. The largest absolute Gasteiger partial charge is 0.417 e. The second-order valence-corrected chi connectivity index (χ2v) is 8.59. The number of carbonyl (C=O) groups excluding carboxylic acids is 2. The molecule has 0 spiro atoms. The van der Waals surface area contributed by atoms with Gasteiger partial charge < -0.3 is 15.1 Å². The Bertz CT molecular complexity index is 1270. The van der Waals surface area contributed by atoms with E-state index in [2.05, 4.69) is 15.5 Å². The van der Waals surface area contributed by atoms with Crippen molar-refractivity contribution in [1.29, 1.82) is 0 Å². The Morgan fingerprint density at radius 1 is 1.00 bits per heavy atom. The van der Waals surface area contributed by atoms with Gasteiger partial charge in [-0.25, -0.2) is 0 Å². The lowest BCUT2D eigenvalue weighted by atomic mass is 10.0. The smallest absolute Gasteiger partial charge is 0.348 e. The van der Waals surface area contributed by atoms with Gasteiger partial charge in [0.1, 0.15) is 0 Å². The molecule has 2 aromatic carbocycles. The molecule has 10 heteroatoms. The molecule has 1 saturated heterocycles. The van der Waals surface area contributed by atoms with Crippen LogP contribution in [0.5, 0.6) is 0 Å². The van der Waals surface area contributed by atoms with Crippen LogP contribution in [0.25, 0.3) is 0 Å². The van der Waals surface area contributed by atoms with Gasteiger partial charge in [-0.1, -0.05) is 42.5 Å². The van der Waals surface area contributed by atoms with Gasteiger partial charge in [-0.2, -0.15) is 13.2 Å². The van der Waals surface area contributed by atoms with Gasteiger partial charge in [-0.05, 0) is 30.2 Å². The summed E-state index contributed by atoms with van der Waals surface area (Å²) in [6, 6.07) is 15.9. The normalized spacial score (nSPS) is 17.1. The Morgan fingerprint density at radius 3 is 2.51 bits per heavy atom. The van der Waals surface area contributed by atoms with Crippen molar-refractivity contribution in [3.8, 4) is 0 Å². The van der Waals surface area contributed by atoms with Gasteiger partial charge in [-0.15, -0.1) is 10.2 Å². The fourth-order valence-corrected chi connectivity index (χ4v) is 4.63. The topological polar surface area (TPSA) is 78.4 Å². The minimum atomic E-state index is -4.61. The fraction of sp³-hybridized carbons (Fsp3) is 0.280. The van der Waals surface area contributed by atoms with Crippen LogP contribution in [0.2, 0.25) is 0 Å². The molecule has 1 N–H and O–H groups in total. The van der Waals surface area contributed by atoms with Crippen LogP contribution in [0.15, 0.2) is 60.7 Å². The molecule has 3 aromatic rings. The number of nitrogens with zero attached hydrogens (tertiary/aromatic N) is 4. The number of amides is 2. The van der Waals surface area contributed by atoms with E-state index in [-0.39, 0.29) is 36.3 Å². The van der Waals surface area contributed by atoms with Crippen molar-refractivity contribution < 1.29 is 22.8 Å². The molecule has 0 radical (unpaired) electrons. The molecule has 1 unspecified atom stereocenters. The number of aromatic nitrogens is 2.